The quantitative estimate of drug-likeness (QED) is 0.786. The van der Waals surface area contributed by atoms with Gasteiger partial charge in [0.15, 0.2) is 0 Å². The van der Waals surface area contributed by atoms with E-state index in [0.717, 1.165) is 29.1 Å². The van der Waals surface area contributed by atoms with E-state index in [9.17, 15) is 0 Å². The monoisotopic (exact) mass is 326 g/mol. The average Bonchev–Trinajstić information content (AvgIpc) is 2.69. The highest BCUT2D eigenvalue weighted by molar-refractivity contribution is 5.85. The van der Waals surface area contributed by atoms with Gasteiger partial charge in [-0.3, -0.25) is 15.0 Å². The molecule has 2 N–H and O–H groups in total. The van der Waals surface area contributed by atoms with Crippen molar-refractivity contribution in [2.75, 3.05) is 5.73 Å². The number of nitrogen functional groups attached to an aromatic ring is 1. The van der Waals surface area contributed by atoms with Gasteiger partial charge in [-0.25, -0.2) is 0 Å². The molecule has 0 radical (unpaired) electrons. The highest BCUT2D eigenvalue weighted by Gasteiger charge is 2.21. The Morgan fingerprint density at radius 3 is 2.36 bits per heavy atom. The highest BCUT2D eigenvalue weighted by atomic mass is 14.7. The lowest BCUT2D eigenvalue weighted by Crippen LogP contribution is -2.06. The van der Waals surface area contributed by atoms with E-state index in [1.165, 1.54) is 5.57 Å². The van der Waals surface area contributed by atoms with Gasteiger partial charge in [0, 0.05) is 35.9 Å². The van der Waals surface area contributed by atoms with Crippen LogP contribution in [0.3, 0.4) is 0 Å². The number of rotatable bonds is 3. The van der Waals surface area contributed by atoms with Gasteiger partial charge in [0.2, 0.25) is 0 Å². The number of anilines is 1. The fourth-order valence-corrected chi connectivity index (χ4v) is 3.09. The predicted octanol–water partition coefficient (Wildman–Crippen LogP) is 4.11. The van der Waals surface area contributed by atoms with E-state index in [0.29, 0.717) is 5.69 Å². The summed E-state index contributed by atoms with van der Waals surface area (Å²) in [5.74, 6) is 0.182. The minimum Gasteiger partial charge on any atom is -0.399 e. The van der Waals surface area contributed by atoms with Crippen LogP contribution in [0.4, 0.5) is 5.69 Å². The van der Waals surface area contributed by atoms with Gasteiger partial charge in [0.1, 0.15) is 0 Å². The summed E-state index contributed by atoms with van der Waals surface area (Å²) in [7, 11) is 0. The molecule has 3 aromatic rings. The smallest absolute Gasteiger partial charge is 0.0719 e. The molecule has 0 amide bonds. The van der Waals surface area contributed by atoms with Crippen molar-refractivity contribution >= 4 is 16.8 Å². The van der Waals surface area contributed by atoms with Crippen LogP contribution in [0.5, 0.6) is 0 Å². The van der Waals surface area contributed by atoms with Crippen molar-refractivity contribution in [1.82, 2.24) is 15.0 Å². The molecule has 1 unspecified atom stereocenters. The van der Waals surface area contributed by atoms with Gasteiger partial charge in [-0.15, -0.1) is 0 Å². The molecule has 0 aromatic carbocycles. The molecule has 4 nitrogen and oxygen atoms in total. The topological polar surface area (TPSA) is 64.7 Å². The molecule has 0 bridgehead atoms. The Balaban J connectivity index is 1.80. The molecule has 25 heavy (non-hydrogen) atoms. The van der Waals surface area contributed by atoms with Crippen molar-refractivity contribution in [2.24, 2.45) is 0 Å². The average molecular weight is 326 g/mol. The molecule has 3 aromatic heterocycles. The van der Waals surface area contributed by atoms with Gasteiger partial charge >= 0.3 is 0 Å². The van der Waals surface area contributed by atoms with Crippen molar-refractivity contribution in [3.63, 3.8) is 0 Å². The second-order valence-corrected chi connectivity index (χ2v) is 6.05. The van der Waals surface area contributed by atoms with E-state index in [1.807, 2.05) is 48.8 Å². The second kappa shape index (κ2) is 6.69. The van der Waals surface area contributed by atoms with Gasteiger partial charge < -0.3 is 5.73 Å². The number of nitrogens with zero attached hydrogens (tertiary/aromatic N) is 3. The third-order valence-electron chi connectivity index (χ3n) is 4.29. The molecule has 3 heterocycles. The van der Waals surface area contributed by atoms with Gasteiger partial charge in [-0.05, 0) is 60.0 Å². The van der Waals surface area contributed by atoms with E-state index in [2.05, 4.69) is 33.2 Å². The summed E-state index contributed by atoms with van der Waals surface area (Å²) in [6.07, 6.45) is 10.6. The number of nitrogens with two attached hydrogens (primary N) is 1. The Hall–Kier alpha value is -3.27. The molecule has 4 heteroatoms. The number of pyridine rings is 3. The second-order valence-electron chi connectivity index (χ2n) is 6.05. The van der Waals surface area contributed by atoms with Crippen molar-refractivity contribution in [3.8, 4) is 0 Å². The van der Waals surface area contributed by atoms with E-state index in [4.69, 9.17) is 5.73 Å². The highest BCUT2D eigenvalue weighted by Crippen LogP contribution is 2.37. The maximum Gasteiger partial charge on any atom is 0.0719 e. The van der Waals surface area contributed by atoms with Crippen LogP contribution in [0.1, 0.15) is 29.4 Å². The maximum absolute atomic E-state index is 5.94. The van der Waals surface area contributed by atoms with Crippen molar-refractivity contribution in [1.29, 1.82) is 0 Å². The minimum absolute atomic E-state index is 0.182. The summed E-state index contributed by atoms with van der Waals surface area (Å²) in [5, 5.41) is 0. The van der Waals surface area contributed by atoms with E-state index >= 15 is 0 Å². The van der Waals surface area contributed by atoms with Crippen LogP contribution < -0.4 is 5.73 Å². The number of hydrogen-bond acceptors (Lipinski definition) is 4. The zero-order valence-corrected chi connectivity index (χ0v) is 13.7. The SMILES string of the molecule is Nc1ccnc(C2=CC(c3ccccn3)CC(c3ccccn3)=C2)c1. The van der Waals surface area contributed by atoms with Crippen LogP contribution >= 0.6 is 0 Å². The summed E-state index contributed by atoms with van der Waals surface area (Å²) in [4.78, 5) is 13.5. The summed E-state index contributed by atoms with van der Waals surface area (Å²) in [6, 6.07) is 15.7. The van der Waals surface area contributed by atoms with Crippen LogP contribution in [0, 0.1) is 0 Å². The Kier molecular flexibility index (Phi) is 4.09. The van der Waals surface area contributed by atoms with E-state index < -0.39 is 0 Å². The molecule has 0 spiro atoms. The van der Waals surface area contributed by atoms with Crippen LogP contribution in [-0.2, 0) is 0 Å². The van der Waals surface area contributed by atoms with Crippen molar-refractivity contribution < 1.29 is 0 Å². The zero-order valence-electron chi connectivity index (χ0n) is 13.7. The van der Waals surface area contributed by atoms with Crippen molar-refractivity contribution in [3.05, 3.63) is 96.4 Å². The predicted molar refractivity (Wildman–Crippen MR) is 100 cm³/mol. The molecule has 122 valence electrons. The van der Waals surface area contributed by atoms with Crippen LogP contribution in [0.15, 0.2) is 79.3 Å². The van der Waals surface area contributed by atoms with Gasteiger partial charge in [-0.1, -0.05) is 18.2 Å². The Bertz CT molecular complexity index is 930. The Labute approximate surface area is 146 Å². The molecule has 0 saturated heterocycles. The normalized spacial score (nSPS) is 16.9. The third-order valence-corrected chi connectivity index (χ3v) is 4.29. The van der Waals surface area contributed by atoms with E-state index in [-0.39, 0.29) is 5.92 Å². The van der Waals surface area contributed by atoms with E-state index in [1.54, 1.807) is 12.3 Å². The van der Waals surface area contributed by atoms with Gasteiger partial charge in [-0.2, -0.15) is 0 Å². The number of allylic oxidation sites excluding steroid dienone is 4. The molecule has 4 rings (SSSR count). The number of aromatic nitrogens is 3. The van der Waals surface area contributed by atoms with Crippen LogP contribution in [-0.4, -0.2) is 15.0 Å². The lowest BCUT2D eigenvalue weighted by molar-refractivity contribution is 0.826. The summed E-state index contributed by atoms with van der Waals surface area (Å²) < 4.78 is 0. The van der Waals surface area contributed by atoms with Gasteiger partial charge in [0.25, 0.3) is 0 Å². The molecule has 1 aliphatic rings. The largest absolute Gasteiger partial charge is 0.399 e. The summed E-state index contributed by atoms with van der Waals surface area (Å²) in [5.41, 5.74) is 11.8. The molecule has 1 aliphatic carbocycles. The first kappa shape index (κ1) is 15.3. The first-order chi connectivity index (χ1) is 12.3. The molecular weight excluding hydrogens is 308 g/mol. The minimum atomic E-state index is 0.182. The molecule has 0 fully saturated rings. The zero-order chi connectivity index (χ0) is 17.1. The standard InChI is InChI=1S/C21H18N4/c22-18-7-10-25-21(14-18)17-12-15(19-5-1-3-8-23-19)11-16(13-17)20-6-2-4-9-24-20/h1-10,12-15H,11H2,(H2,22,25). The lowest BCUT2D eigenvalue weighted by Gasteiger charge is -2.21. The number of hydrogen-bond donors (Lipinski definition) is 1. The van der Waals surface area contributed by atoms with Gasteiger partial charge in [0.05, 0.1) is 11.4 Å². The summed E-state index contributed by atoms with van der Waals surface area (Å²) in [6.45, 7) is 0. The molecule has 1 atom stereocenters. The fraction of sp³-hybridized carbons (Fsp3) is 0.0952. The maximum atomic E-state index is 5.94. The first-order valence-corrected chi connectivity index (χ1v) is 8.26. The van der Waals surface area contributed by atoms with Crippen LogP contribution in [0.25, 0.3) is 11.1 Å². The molecular formula is C21H18N4. The van der Waals surface area contributed by atoms with Crippen LogP contribution in [0.2, 0.25) is 0 Å². The third kappa shape index (κ3) is 3.33. The first-order valence-electron chi connectivity index (χ1n) is 8.26. The Morgan fingerprint density at radius 1 is 0.840 bits per heavy atom. The Morgan fingerprint density at radius 2 is 1.64 bits per heavy atom. The summed E-state index contributed by atoms with van der Waals surface area (Å²) >= 11 is 0. The molecule has 0 aliphatic heterocycles. The lowest BCUT2D eigenvalue weighted by atomic mass is 9.85. The molecule has 0 saturated carbocycles. The fourth-order valence-electron chi connectivity index (χ4n) is 3.09. The van der Waals surface area contributed by atoms with Crippen molar-refractivity contribution in [2.45, 2.75) is 12.3 Å².